The zero-order valence-electron chi connectivity index (χ0n) is 32.4. The first-order valence-electron chi connectivity index (χ1n) is 20.2. The smallest absolute Gasteiger partial charge is 0.410 e. The Kier molecular flexibility index (Phi) is 9.24. The molecule has 5 aromatic rings. The van der Waals surface area contributed by atoms with Crippen molar-refractivity contribution in [2.24, 2.45) is 0 Å². The molecule has 4 fully saturated rings. The number of ether oxygens (including phenoxy) is 5. The first-order chi connectivity index (χ1) is 27.9. The average molecular weight is 775 g/mol. The van der Waals surface area contributed by atoms with Gasteiger partial charge in [0.1, 0.15) is 42.9 Å². The minimum Gasteiger partial charge on any atom is -0.475 e. The summed E-state index contributed by atoms with van der Waals surface area (Å²) in [6.07, 6.45) is 3.63. The standard InChI is InChI=1S/C44H47FN6O6/c1-3-28-11-7-12-29-17-32(57-26-53-2)18-33(38(28)29)34-19-35-39-40(48-42(47-35)56-25-44-15-8-16-49(44)21-30(45)20-44)50-22-31-13-14-36(37(50)24-54-41(39)46-34)51(31)43(52)55-23-27-9-5-4-6-10-27/h4-7,9-12,17-19,30-31,36-37H,3,8,13-16,20-26H2,1-2H3/t30-,31-,36+,37-,44+/m1/s1. The van der Waals surface area contributed by atoms with Crippen molar-refractivity contribution in [3.8, 4) is 28.9 Å². The molecule has 0 aliphatic carbocycles. The summed E-state index contributed by atoms with van der Waals surface area (Å²) >= 11 is 0. The summed E-state index contributed by atoms with van der Waals surface area (Å²) in [4.78, 5) is 35.6. The van der Waals surface area contributed by atoms with Crippen molar-refractivity contribution in [3.05, 3.63) is 77.9 Å². The number of piperazine rings is 1. The summed E-state index contributed by atoms with van der Waals surface area (Å²) < 4.78 is 45.2. The van der Waals surface area contributed by atoms with E-state index in [2.05, 4.69) is 34.9 Å². The SMILES string of the molecule is CCc1cccc2cc(OCOC)cc(-c3cc4nc(OC[C@@]56CCCN5C[C@H](F)C6)nc5c4c(n3)OC[C@@H]3[C@@H]4CC[C@H](CN53)N4C(=O)OCc3ccccc3)c12. The van der Waals surface area contributed by atoms with Gasteiger partial charge in [-0.2, -0.15) is 9.97 Å². The molecule has 1 amide bonds. The van der Waals surface area contributed by atoms with Gasteiger partial charge in [-0.1, -0.05) is 55.5 Å². The Morgan fingerprint density at radius 3 is 2.74 bits per heavy atom. The molecule has 0 unspecified atom stereocenters. The number of aryl methyl sites for hydroxylation is 1. The van der Waals surface area contributed by atoms with E-state index < -0.39 is 6.17 Å². The van der Waals surface area contributed by atoms with Gasteiger partial charge in [-0.3, -0.25) is 9.80 Å². The number of halogens is 1. The third-order valence-electron chi connectivity index (χ3n) is 12.8. The molecule has 3 aromatic carbocycles. The van der Waals surface area contributed by atoms with Crippen LogP contribution in [0.25, 0.3) is 32.9 Å². The van der Waals surface area contributed by atoms with Gasteiger partial charge in [0, 0.05) is 32.2 Å². The van der Waals surface area contributed by atoms with Crippen molar-refractivity contribution >= 4 is 33.6 Å². The number of methoxy groups -OCH3 is 1. The number of aromatic nitrogens is 3. The van der Waals surface area contributed by atoms with Crippen molar-refractivity contribution in [1.82, 2.24) is 24.8 Å². The maximum atomic E-state index is 14.8. The lowest BCUT2D eigenvalue weighted by Crippen LogP contribution is -2.63. The number of hydrogen-bond acceptors (Lipinski definition) is 11. The van der Waals surface area contributed by atoms with Crippen LogP contribution >= 0.6 is 0 Å². The zero-order chi connectivity index (χ0) is 38.7. The zero-order valence-corrected chi connectivity index (χ0v) is 32.4. The molecule has 2 aromatic heterocycles. The Morgan fingerprint density at radius 1 is 0.982 bits per heavy atom. The van der Waals surface area contributed by atoms with E-state index in [-0.39, 0.29) is 55.8 Å². The molecule has 57 heavy (non-hydrogen) atoms. The third kappa shape index (κ3) is 6.35. The second-order valence-electron chi connectivity index (χ2n) is 16.1. The van der Waals surface area contributed by atoms with Gasteiger partial charge in [0.2, 0.25) is 5.88 Å². The molecule has 5 aliphatic heterocycles. The van der Waals surface area contributed by atoms with Crippen LogP contribution in [-0.2, 0) is 22.5 Å². The molecule has 7 heterocycles. The van der Waals surface area contributed by atoms with Crippen molar-refractivity contribution in [1.29, 1.82) is 0 Å². The maximum Gasteiger partial charge on any atom is 0.410 e. The van der Waals surface area contributed by atoms with Gasteiger partial charge in [0.15, 0.2) is 6.79 Å². The summed E-state index contributed by atoms with van der Waals surface area (Å²) in [6, 6.07) is 21.8. The van der Waals surface area contributed by atoms with Crippen LogP contribution in [0.1, 0.15) is 50.2 Å². The molecular formula is C44H47FN6O6. The van der Waals surface area contributed by atoms with Crippen molar-refractivity contribution in [2.45, 2.75) is 81.9 Å². The van der Waals surface area contributed by atoms with Gasteiger partial charge in [-0.15, -0.1) is 0 Å². The molecule has 0 radical (unpaired) electrons. The lowest BCUT2D eigenvalue weighted by Gasteiger charge is -2.45. The quantitative estimate of drug-likeness (QED) is 0.136. The molecule has 2 bridgehead atoms. The van der Waals surface area contributed by atoms with Crippen LogP contribution in [0.3, 0.4) is 0 Å². The van der Waals surface area contributed by atoms with Gasteiger partial charge in [-0.05, 0) is 78.7 Å². The molecule has 0 saturated carbocycles. The Labute approximate surface area is 330 Å². The van der Waals surface area contributed by atoms with E-state index in [1.807, 2.05) is 53.4 Å². The number of alkyl halides is 1. The average Bonchev–Trinajstić information content (AvgIpc) is 3.84. The molecule has 5 aliphatic rings. The van der Waals surface area contributed by atoms with Crippen molar-refractivity contribution in [3.63, 3.8) is 0 Å². The topological polar surface area (TPSA) is 112 Å². The number of nitrogens with zero attached hydrogens (tertiary/aromatic N) is 6. The number of hydrogen-bond donors (Lipinski definition) is 0. The maximum absolute atomic E-state index is 14.8. The predicted molar refractivity (Wildman–Crippen MR) is 213 cm³/mol. The summed E-state index contributed by atoms with van der Waals surface area (Å²) in [5.74, 6) is 1.76. The Bertz CT molecular complexity index is 2330. The van der Waals surface area contributed by atoms with E-state index in [4.69, 9.17) is 38.6 Å². The van der Waals surface area contributed by atoms with Crippen LogP contribution in [-0.4, -0.2) is 107 Å². The summed E-state index contributed by atoms with van der Waals surface area (Å²) in [5.41, 5.74) is 3.94. The molecule has 10 rings (SSSR count). The fourth-order valence-corrected chi connectivity index (χ4v) is 10.2. The molecule has 12 nitrogen and oxygen atoms in total. The number of fused-ring (bicyclic) bond motifs is 7. The van der Waals surface area contributed by atoms with E-state index in [1.165, 1.54) is 5.56 Å². The van der Waals surface area contributed by atoms with Gasteiger partial charge >= 0.3 is 12.1 Å². The molecule has 296 valence electrons. The molecule has 4 saturated heterocycles. The molecular weight excluding hydrogens is 728 g/mol. The van der Waals surface area contributed by atoms with Gasteiger partial charge < -0.3 is 28.6 Å². The highest BCUT2D eigenvalue weighted by Crippen LogP contribution is 2.46. The van der Waals surface area contributed by atoms with E-state index in [0.29, 0.717) is 60.2 Å². The highest BCUT2D eigenvalue weighted by molar-refractivity contribution is 6.03. The Balaban J connectivity index is 1.06. The monoisotopic (exact) mass is 774 g/mol. The minimum absolute atomic E-state index is 0.0720. The van der Waals surface area contributed by atoms with E-state index in [1.54, 1.807) is 7.11 Å². The second-order valence-corrected chi connectivity index (χ2v) is 16.1. The highest BCUT2D eigenvalue weighted by Gasteiger charge is 2.52. The first-order valence-corrected chi connectivity index (χ1v) is 20.2. The molecule has 13 heteroatoms. The number of pyridine rings is 1. The van der Waals surface area contributed by atoms with Crippen LogP contribution in [0.2, 0.25) is 0 Å². The normalized spacial score (nSPS) is 25.0. The largest absolute Gasteiger partial charge is 0.475 e. The molecule has 5 atom stereocenters. The Morgan fingerprint density at radius 2 is 1.88 bits per heavy atom. The fraction of sp³-hybridized carbons (Fsp3) is 0.455. The number of carbonyl (C=O) groups is 1. The fourth-order valence-electron chi connectivity index (χ4n) is 10.2. The number of benzene rings is 3. The lowest BCUT2D eigenvalue weighted by molar-refractivity contribution is 0.0512. The highest BCUT2D eigenvalue weighted by atomic mass is 19.1. The minimum atomic E-state index is -0.872. The van der Waals surface area contributed by atoms with Gasteiger partial charge in [-0.25, -0.2) is 14.2 Å². The number of rotatable bonds is 10. The molecule has 0 N–H and O–H groups in total. The van der Waals surface area contributed by atoms with E-state index >= 15 is 0 Å². The summed E-state index contributed by atoms with van der Waals surface area (Å²) in [5, 5.41) is 2.80. The summed E-state index contributed by atoms with van der Waals surface area (Å²) in [7, 11) is 1.60. The van der Waals surface area contributed by atoms with Crippen LogP contribution in [0.15, 0.2) is 66.7 Å². The number of anilines is 1. The predicted octanol–water partition coefficient (Wildman–Crippen LogP) is 7.10. The molecule has 0 spiro atoms. The van der Waals surface area contributed by atoms with Crippen LogP contribution in [0.5, 0.6) is 17.6 Å². The van der Waals surface area contributed by atoms with Crippen molar-refractivity contribution < 1.29 is 32.9 Å². The van der Waals surface area contributed by atoms with E-state index in [0.717, 1.165) is 60.5 Å². The number of carbonyl (C=O) groups excluding carboxylic acids is 1. The third-order valence-corrected chi connectivity index (χ3v) is 12.8. The number of amides is 1. The van der Waals surface area contributed by atoms with E-state index in [9.17, 15) is 9.18 Å². The van der Waals surface area contributed by atoms with Gasteiger partial charge in [0.05, 0.1) is 34.9 Å². The second kappa shape index (κ2) is 14.6. The van der Waals surface area contributed by atoms with Crippen LogP contribution in [0.4, 0.5) is 15.0 Å². The van der Waals surface area contributed by atoms with Crippen LogP contribution in [0, 0.1) is 0 Å². The summed E-state index contributed by atoms with van der Waals surface area (Å²) in [6.45, 7) is 4.90. The van der Waals surface area contributed by atoms with Crippen LogP contribution < -0.4 is 19.1 Å². The van der Waals surface area contributed by atoms with Crippen molar-refractivity contribution in [2.75, 3.05) is 51.7 Å². The lowest BCUT2D eigenvalue weighted by atomic mass is 9.95. The Hall–Kier alpha value is -5.27. The first kappa shape index (κ1) is 36.1. The van der Waals surface area contributed by atoms with Gasteiger partial charge in [0.25, 0.3) is 0 Å².